The number of amides is 1. The van der Waals surface area contributed by atoms with Crippen LogP contribution in [-0.4, -0.2) is 45.8 Å². The monoisotopic (exact) mass is 493 g/mol. The van der Waals surface area contributed by atoms with Crippen molar-refractivity contribution in [1.82, 2.24) is 15.0 Å². The van der Waals surface area contributed by atoms with Crippen molar-refractivity contribution < 1.29 is 21.6 Å². The van der Waals surface area contributed by atoms with Gasteiger partial charge >= 0.3 is 0 Å². The van der Waals surface area contributed by atoms with E-state index in [1.807, 2.05) is 24.3 Å². The molecule has 170 valence electrons. The predicted molar refractivity (Wildman–Crippen MR) is 127 cm³/mol. The Morgan fingerprint density at radius 2 is 1.75 bits per heavy atom. The number of rotatable bonds is 10. The molecule has 0 aliphatic carbocycles. The zero-order valence-corrected chi connectivity index (χ0v) is 19.7. The fraction of sp³-hybridized carbons (Fsp3) is 0.238. The van der Waals surface area contributed by atoms with Crippen LogP contribution >= 0.6 is 11.3 Å². The van der Waals surface area contributed by atoms with Crippen molar-refractivity contribution in [2.45, 2.75) is 19.0 Å². The standard InChI is InChI=1S/C21H23N3O5S3/c1-31(26,27)13-12-18(24-32(28,29)14-11-16-7-3-2-4-8-16)21(25)22-15-20-23-17-9-5-6-10-19(17)30-20/h2-11,14,18,24H,12-13,15H2,1H3,(H,22,25)/b14-11+. The summed E-state index contributed by atoms with van der Waals surface area (Å²) in [5.74, 6) is -0.957. The number of nitrogens with zero attached hydrogens (tertiary/aromatic N) is 1. The summed E-state index contributed by atoms with van der Waals surface area (Å²) in [5.41, 5.74) is 1.48. The molecule has 0 bridgehead atoms. The van der Waals surface area contributed by atoms with Crippen LogP contribution in [0.3, 0.4) is 0 Å². The van der Waals surface area contributed by atoms with Crippen LogP contribution in [-0.2, 0) is 31.2 Å². The van der Waals surface area contributed by atoms with Gasteiger partial charge in [-0.3, -0.25) is 4.79 Å². The van der Waals surface area contributed by atoms with Gasteiger partial charge in [0.05, 0.1) is 22.5 Å². The minimum absolute atomic E-state index is 0.106. The van der Waals surface area contributed by atoms with Gasteiger partial charge in [-0.25, -0.2) is 21.8 Å². The summed E-state index contributed by atoms with van der Waals surface area (Å²) in [4.78, 5) is 17.1. The summed E-state index contributed by atoms with van der Waals surface area (Å²) in [7, 11) is -7.39. The number of sulfone groups is 1. The van der Waals surface area contributed by atoms with E-state index in [2.05, 4.69) is 15.0 Å². The average molecular weight is 494 g/mol. The summed E-state index contributed by atoms with van der Waals surface area (Å²) in [6.45, 7) is 0.106. The number of sulfonamides is 1. The first-order chi connectivity index (χ1) is 15.1. The highest BCUT2D eigenvalue weighted by Crippen LogP contribution is 2.21. The molecule has 32 heavy (non-hydrogen) atoms. The number of benzene rings is 2. The van der Waals surface area contributed by atoms with Gasteiger partial charge < -0.3 is 5.32 Å². The molecule has 2 aromatic carbocycles. The van der Waals surface area contributed by atoms with Crippen LogP contribution < -0.4 is 10.0 Å². The lowest BCUT2D eigenvalue weighted by Crippen LogP contribution is -2.46. The van der Waals surface area contributed by atoms with Crippen molar-refractivity contribution in [2.24, 2.45) is 0 Å². The number of thiazole rings is 1. The highest BCUT2D eigenvalue weighted by atomic mass is 32.2. The molecule has 0 saturated carbocycles. The molecular weight excluding hydrogens is 470 g/mol. The van der Waals surface area contributed by atoms with E-state index in [-0.39, 0.29) is 18.7 Å². The molecule has 1 heterocycles. The molecule has 0 aliphatic rings. The van der Waals surface area contributed by atoms with E-state index in [0.717, 1.165) is 21.9 Å². The van der Waals surface area contributed by atoms with Crippen molar-refractivity contribution in [3.05, 3.63) is 70.6 Å². The van der Waals surface area contributed by atoms with Gasteiger partial charge in [-0.2, -0.15) is 4.72 Å². The quantitative estimate of drug-likeness (QED) is 0.447. The molecule has 8 nitrogen and oxygen atoms in total. The third-order valence-electron chi connectivity index (χ3n) is 4.39. The van der Waals surface area contributed by atoms with Crippen LogP contribution in [0.5, 0.6) is 0 Å². The summed E-state index contributed by atoms with van der Waals surface area (Å²) in [6.07, 6.45) is 2.24. The SMILES string of the molecule is CS(=O)(=O)CCC(NS(=O)(=O)/C=C/c1ccccc1)C(=O)NCc1nc2ccccc2s1. The van der Waals surface area contributed by atoms with Gasteiger partial charge in [-0.15, -0.1) is 11.3 Å². The van der Waals surface area contributed by atoms with Crippen molar-refractivity contribution in [3.63, 3.8) is 0 Å². The molecule has 3 rings (SSSR count). The van der Waals surface area contributed by atoms with Crippen LogP contribution in [0, 0.1) is 0 Å². The molecule has 0 fully saturated rings. The van der Waals surface area contributed by atoms with Gasteiger partial charge in [0.2, 0.25) is 15.9 Å². The van der Waals surface area contributed by atoms with Gasteiger partial charge in [-0.05, 0) is 30.2 Å². The zero-order valence-electron chi connectivity index (χ0n) is 17.3. The molecule has 1 aromatic heterocycles. The van der Waals surface area contributed by atoms with E-state index >= 15 is 0 Å². The van der Waals surface area contributed by atoms with E-state index in [4.69, 9.17) is 0 Å². The molecular formula is C21H23N3O5S3. The van der Waals surface area contributed by atoms with Gasteiger partial charge in [0.1, 0.15) is 20.9 Å². The largest absolute Gasteiger partial charge is 0.348 e. The second-order valence-corrected chi connectivity index (χ2v) is 12.1. The lowest BCUT2D eigenvalue weighted by Gasteiger charge is -2.16. The fourth-order valence-corrected chi connectivity index (χ4v) is 5.43. The first kappa shape index (κ1) is 24.1. The second kappa shape index (κ2) is 10.3. The van der Waals surface area contributed by atoms with Crippen LogP contribution in [0.4, 0.5) is 0 Å². The zero-order chi connectivity index (χ0) is 23.2. The maximum Gasteiger partial charge on any atom is 0.238 e. The molecule has 0 spiro atoms. The highest BCUT2D eigenvalue weighted by Gasteiger charge is 2.24. The minimum atomic E-state index is -3.99. The number of fused-ring (bicyclic) bond motifs is 1. The Hall–Kier alpha value is -2.60. The van der Waals surface area contributed by atoms with Crippen LogP contribution in [0.25, 0.3) is 16.3 Å². The Morgan fingerprint density at radius 1 is 1.06 bits per heavy atom. The van der Waals surface area contributed by atoms with Gasteiger partial charge in [0, 0.05) is 11.7 Å². The number of carbonyl (C=O) groups excluding carboxylic acids is 1. The number of hydrogen-bond acceptors (Lipinski definition) is 7. The molecule has 0 aliphatic heterocycles. The third kappa shape index (κ3) is 7.52. The smallest absolute Gasteiger partial charge is 0.238 e. The molecule has 0 radical (unpaired) electrons. The molecule has 3 aromatic rings. The van der Waals surface area contributed by atoms with Gasteiger partial charge in [0.15, 0.2) is 0 Å². The molecule has 0 saturated heterocycles. The maximum atomic E-state index is 12.7. The first-order valence-electron chi connectivity index (χ1n) is 9.67. The van der Waals surface area contributed by atoms with Crippen molar-refractivity contribution in [2.75, 3.05) is 12.0 Å². The normalized spacial score (nSPS) is 13.4. The van der Waals surface area contributed by atoms with Gasteiger partial charge in [0.25, 0.3) is 0 Å². The number of nitrogens with one attached hydrogen (secondary N) is 2. The minimum Gasteiger partial charge on any atom is -0.348 e. The van der Waals surface area contributed by atoms with Crippen LogP contribution in [0.15, 0.2) is 60.0 Å². The van der Waals surface area contributed by atoms with E-state index in [9.17, 15) is 21.6 Å². The topological polar surface area (TPSA) is 122 Å². The number of aromatic nitrogens is 1. The molecule has 1 unspecified atom stereocenters. The van der Waals surface area contributed by atoms with E-state index < -0.39 is 31.8 Å². The van der Waals surface area contributed by atoms with Gasteiger partial charge in [-0.1, -0.05) is 42.5 Å². The van der Waals surface area contributed by atoms with Crippen molar-refractivity contribution in [1.29, 1.82) is 0 Å². The van der Waals surface area contributed by atoms with E-state index in [1.165, 1.54) is 17.4 Å². The molecule has 1 amide bonds. The Morgan fingerprint density at radius 3 is 2.44 bits per heavy atom. The summed E-state index contributed by atoms with van der Waals surface area (Å²) < 4.78 is 51.4. The van der Waals surface area contributed by atoms with E-state index in [1.54, 1.807) is 30.3 Å². The Bertz CT molecular complexity index is 1280. The van der Waals surface area contributed by atoms with Crippen LogP contribution in [0.1, 0.15) is 17.0 Å². The van der Waals surface area contributed by atoms with Crippen molar-refractivity contribution >= 4 is 53.4 Å². The number of hydrogen-bond donors (Lipinski definition) is 2. The lowest BCUT2D eigenvalue weighted by atomic mass is 10.2. The number of para-hydroxylation sites is 1. The third-order valence-corrected chi connectivity index (χ3v) is 7.51. The Kier molecular flexibility index (Phi) is 7.77. The first-order valence-corrected chi connectivity index (χ1v) is 14.1. The molecule has 2 N–H and O–H groups in total. The maximum absolute atomic E-state index is 12.7. The van der Waals surface area contributed by atoms with E-state index in [0.29, 0.717) is 10.6 Å². The average Bonchev–Trinajstić information content (AvgIpc) is 3.17. The second-order valence-electron chi connectivity index (χ2n) is 7.14. The fourth-order valence-electron chi connectivity index (χ4n) is 2.83. The summed E-state index contributed by atoms with van der Waals surface area (Å²) in [5, 5.41) is 4.27. The van der Waals surface area contributed by atoms with Crippen LogP contribution in [0.2, 0.25) is 0 Å². The lowest BCUT2D eigenvalue weighted by molar-refractivity contribution is -0.122. The summed E-state index contributed by atoms with van der Waals surface area (Å²) in [6, 6.07) is 15.1. The highest BCUT2D eigenvalue weighted by molar-refractivity contribution is 7.92. The summed E-state index contributed by atoms with van der Waals surface area (Å²) >= 11 is 1.42. The number of carbonyl (C=O) groups is 1. The Labute approximate surface area is 191 Å². The van der Waals surface area contributed by atoms with Crippen molar-refractivity contribution in [3.8, 4) is 0 Å². The Balaban J connectivity index is 1.70. The molecule has 11 heteroatoms. The molecule has 1 atom stereocenters. The predicted octanol–water partition coefficient (Wildman–Crippen LogP) is 2.31.